The quantitative estimate of drug-likeness (QED) is 0.829. The summed E-state index contributed by atoms with van der Waals surface area (Å²) in [4.78, 5) is 2.15. The molecule has 0 aliphatic carbocycles. The number of aromatic nitrogens is 2. The number of aliphatic hydroxyl groups excluding tert-OH is 1. The lowest BCUT2D eigenvalue weighted by molar-refractivity contribution is 0.193. The average Bonchev–Trinajstić information content (AvgIpc) is 2.55. The molecule has 1 aromatic rings. The van der Waals surface area contributed by atoms with Gasteiger partial charge in [-0.25, -0.2) is 0 Å². The largest absolute Gasteiger partial charge is 0.395 e. The summed E-state index contributed by atoms with van der Waals surface area (Å²) in [7, 11) is 0. The van der Waals surface area contributed by atoms with Gasteiger partial charge in [-0.1, -0.05) is 18.5 Å². The summed E-state index contributed by atoms with van der Waals surface area (Å²) in [6, 6.07) is 0. The van der Waals surface area contributed by atoms with E-state index in [9.17, 15) is 0 Å². The Balaban J connectivity index is 2.85. The van der Waals surface area contributed by atoms with E-state index in [2.05, 4.69) is 23.8 Å². The molecular formula is C11H20ClN3O. The first kappa shape index (κ1) is 13.5. The van der Waals surface area contributed by atoms with Crippen LogP contribution in [-0.2, 0) is 13.1 Å². The van der Waals surface area contributed by atoms with Crippen molar-refractivity contribution in [2.75, 3.05) is 19.7 Å². The number of hydrogen-bond acceptors (Lipinski definition) is 3. The lowest BCUT2D eigenvalue weighted by Crippen LogP contribution is -2.27. The Bertz CT molecular complexity index is 338. The molecule has 5 heteroatoms. The molecule has 0 bridgehead atoms. The Morgan fingerprint density at radius 2 is 2.12 bits per heavy atom. The van der Waals surface area contributed by atoms with Crippen LogP contribution in [0.3, 0.4) is 0 Å². The molecule has 1 heterocycles. The summed E-state index contributed by atoms with van der Waals surface area (Å²) >= 11 is 6.22. The van der Waals surface area contributed by atoms with Crippen molar-refractivity contribution in [3.63, 3.8) is 0 Å². The molecule has 0 atom stereocenters. The van der Waals surface area contributed by atoms with Crippen molar-refractivity contribution in [2.45, 2.75) is 33.9 Å². The summed E-state index contributed by atoms with van der Waals surface area (Å²) in [5.41, 5.74) is 1.91. The molecule has 0 spiro atoms. The van der Waals surface area contributed by atoms with Crippen molar-refractivity contribution in [3.05, 3.63) is 16.4 Å². The van der Waals surface area contributed by atoms with Gasteiger partial charge in [0, 0.05) is 19.6 Å². The lowest BCUT2D eigenvalue weighted by Gasteiger charge is -2.19. The van der Waals surface area contributed by atoms with Gasteiger partial charge in [0.25, 0.3) is 0 Å². The van der Waals surface area contributed by atoms with Crippen LogP contribution >= 0.6 is 11.6 Å². The number of halogens is 1. The van der Waals surface area contributed by atoms with E-state index in [0.717, 1.165) is 36.0 Å². The zero-order chi connectivity index (χ0) is 12.1. The van der Waals surface area contributed by atoms with Gasteiger partial charge < -0.3 is 5.11 Å². The molecule has 0 aliphatic rings. The summed E-state index contributed by atoms with van der Waals surface area (Å²) < 4.78 is 1.93. The molecule has 0 radical (unpaired) electrons. The molecule has 0 saturated heterocycles. The van der Waals surface area contributed by atoms with Gasteiger partial charge in [-0.3, -0.25) is 9.58 Å². The number of rotatable bonds is 6. The number of aryl methyl sites for hydroxylation is 2. The Morgan fingerprint density at radius 1 is 1.44 bits per heavy atom. The van der Waals surface area contributed by atoms with Crippen LogP contribution in [-0.4, -0.2) is 39.5 Å². The Labute approximate surface area is 102 Å². The van der Waals surface area contributed by atoms with E-state index in [1.807, 2.05) is 11.6 Å². The van der Waals surface area contributed by atoms with Gasteiger partial charge in [0.15, 0.2) is 0 Å². The van der Waals surface area contributed by atoms with Gasteiger partial charge in [0.05, 0.1) is 23.0 Å². The second-order valence-electron chi connectivity index (χ2n) is 3.75. The van der Waals surface area contributed by atoms with Gasteiger partial charge in [-0.05, 0) is 20.4 Å². The molecular weight excluding hydrogens is 226 g/mol. The highest BCUT2D eigenvalue weighted by molar-refractivity contribution is 6.31. The zero-order valence-corrected chi connectivity index (χ0v) is 11.0. The summed E-state index contributed by atoms with van der Waals surface area (Å²) in [5.74, 6) is 0. The molecule has 0 aromatic carbocycles. The van der Waals surface area contributed by atoms with Crippen LogP contribution in [0.4, 0.5) is 0 Å². The predicted molar refractivity (Wildman–Crippen MR) is 65.7 cm³/mol. The van der Waals surface area contributed by atoms with E-state index in [4.69, 9.17) is 16.7 Å². The standard InChI is InChI=1S/C11H20ClN3O/c1-4-14(6-7-16)8-10-11(12)9(3)13-15(10)5-2/h16H,4-8H2,1-3H3. The highest BCUT2D eigenvalue weighted by Crippen LogP contribution is 2.21. The van der Waals surface area contributed by atoms with Gasteiger partial charge in [-0.15, -0.1) is 0 Å². The minimum absolute atomic E-state index is 0.171. The maximum atomic E-state index is 8.95. The Kier molecular flexibility index (Phi) is 5.25. The van der Waals surface area contributed by atoms with Crippen molar-refractivity contribution in [2.24, 2.45) is 0 Å². The molecule has 1 rings (SSSR count). The third kappa shape index (κ3) is 2.97. The van der Waals surface area contributed by atoms with Crippen LogP contribution in [0.1, 0.15) is 25.2 Å². The fraction of sp³-hybridized carbons (Fsp3) is 0.727. The monoisotopic (exact) mass is 245 g/mol. The van der Waals surface area contributed by atoms with Gasteiger partial charge in [-0.2, -0.15) is 5.10 Å². The number of likely N-dealkylation sites (N-methyl/N-ethyl adjacent to an activating group) is 1. The minimum Gasteiger partial charge on any atom is -0.395 e. The molecule has 16 heavy (non-hydrogen) atoms. The maximum Gasteiger partial charge on any atom is 0.0860 e. The maximum absolute atomic E-state index is 8.95. The lowest BCUT2D eigenvalue weighted by atomic mass is 10.3. The van der Waals surface area contributed by atoms with Crippen molar-refractivity contribution in [3.8, 4) is 0 Å². The SMILES string of the molecule is CCN(CCO)Cc1c(Cl)c(C)nn1CC. The summed E-state index contributed by atoms with van der Waals surface area (Å²) in [6.45, 7) is 9.33. The van der Waals surface area contributed by atoms with Crippen molar-refractivity contribution in [1.82, 2.24) is 14.7 Å². The van der Waals surface area contributed by atoms with Crippen LogP contribution < -0.4 is 0 Å². The predicted octanol–water partition coefficient (Wildman–Crippen LogP) is 1.68. The molecule has 0 amide bonds. The van der Waals surface area contributed by atoms with Crippen molar-refractivity contribution < 1.29 is 5.11 Å². The van der Waals surface area contributed by atoms with E-state index < -0.39 is 0 Å². The van der Waals surface area contributed by atoms with Crippen molar-refractivity contribution in [1.29, 1.82) is 0 Å². The van der Waals surface area contributed by atoms with Crippen LogP contribution in [0.25, 0.3) is 0 Å². The normalized spacial score (nSPS) is 11.4. The highest BCUT2D eigenvalue weighted by atomic mass is 35.5. The van der Waals surface area contributed by atoms with E-state index in [0.29, 0.717) is 6.54 Å². The fourth-order valence-electron chi connectivity index (χ4n) is 1.72. The summed E-state index contributed by atoms with van der Waals surface area (Å²) in [6.07, 6.45) is 0. The van der Waals surface area contributed by atoms with Crippen LogP contribution in [0.15, 0.2) is 0 Å². The number of hydrogen-bond donors (Lipinski definition) is 1. The second kappa shape index (κ2) is 6.23. The smallest absolute Gasteiger partial charge is 0.0860 e. The van der Waals surface area contributed by atoms with Crippen molar-refractivity contribution >= 4 is 11.6 Å². The van der Waals surface area contributed by atoms with Gasteiger partial charge in [0.2, 0.25) is 0 Å². The zero-order valence-electron chi connectivity index (χ0n) is 10.2. The Morgan fingerprint density at radius 3 is 2.62 bits per heavy atom. The van der Waals surface area contributed by atoms with E-state index >= 15 is 0 Å². The molecule has 1 N–H and O–H groups in total. The molecule has 4 nitrogen and oxygen atoms in total. The molecule has 0 fully saturated rings. The molecule has 92 valence electrons. The molecule has 0 aliphatic heterocycles. The summed E-state index contributed by atoms with van der Waals surface area (Å²) in [5, 5.41) is 14.1. The first-order valence-corrected chi connectivity index (χ1v) is 6.06. The van der Waals surface area contributed by atoms with Crippen LogP contribution in [0.2, 0.25) is 5.02 Å². The van der Waals surface area contributed by atoms with Crippen LogP contribution in [0.5, 0.6) is 0 Å². The average molecular weight is 246 g/mol. The highest BCUT2D eigenvalue weighted by Gasteiger charge is 2.14. The number of aliphatic hydroxyl groups is 1. The first-order valence-electron chi connectivity index (χ1n) is 5.69. The number of nitrogens with zero attached hydrogens (tertiary/aromatic N) is 3. The van der Waals surface area contributed by atoms with Gasteiger partial charge >= 0.3 is 0 Å². The second-order valence-corrected chi connectivity index (χ2v) is 4.13. The fourth-order valence-corrected chi connectivity index (χ4v) is 1.92. The van der Waals surface area contributed by atoms with E-state index in [1.54, 1.807) is 0 Å². The third-order valence-electron chi connectivity index (χ3n) is 2.69. The Hall–Kier alpha value is -0.580. The topological polar surface area (TPSA) is 41.3 Å². The van der Waals surface area contributed by atoms with E-state index in [-0.39, 0.29) is 6.61 Å². The third-order valence-corrected chi connectivity index (χ3v) is 3.18. The first-order chi connectivity index (χ1) is 7.63. The molecule has 0 saturated carbocycles. The van der Waals surface area contributed by atoms with Gasteiger partial charge in [0.1, 0.15) is 0 Å². The minimum atomic E-state index is 0.171. The molecule has 0 unspecified atom stereocenters. The molecule has 1 aromatic heterocycles. The van der Waals surface area contributed by atoms with E-state index in [1.165, 1.54) is 0 Å². The van der Waals surface area contributed by atoms with Crippen LogP contribution in [0, 0.1) is 6.92 Å².